The van der Waals surface area contributed by atoms with Gasteiger partial charge in [0.1, 0.15) is 0 Å². The van der Waals surface area contributed by atoms with Gasteiger partial charge in [-0.2, -0.15) is 0 Å². The zero-order chi connectivity index (χ0) is 16.4. The van der Waals surface area contributed by atoms with Crippen molar-refractivity contribution in [2.45, 2.75) is 32.0 Å². The van der Waals surface area contributed by atoms with Crippen molar-refractivity contribution in [3.63, 3.8) is 0 Å². The van der Waals surface area contributed by atoms with Crippen LogP contribution in [-0.4, -0.2) is 28.4 Å². The molecule has 1 fully saturated rings. The third kappa shape index (κ3) is 3.03. The van der Waals surface area contributed by atoms with E-state index in [1.54, 1.807) is 24.3 Å². The van der Waals surface area contributed by atoms with Crippen molar-refractivity contribution in [1.82, 2.24) is 10.2 Å². The maximum Gasteiger partial charge on any atom is 0.262 e. The number of carbonyl (C=O) groups excluding carboxylic acids is 2. The third-order valence-corrected chi connectivity index (χ3v) is 4.11. The smallest absolute Gasteiger partial charge is 0.262 e. The predicted octanol–water partition coefficient (Wildman–Crippen LogP) is 2.61. The number of imide groups is 1. The largest absolute Gasteiger partial charge is 0.283 e. The number of hydrogen-bond donors (Lipinski definition) is 1. The topological polar surface area (TPSA) is 49.4 Å². The van der Waals surface area contributed by atoms with Gasteiger partial charge in [-0.1, -0.05) is 48.5 Å². The standard InChI is InChI=1S/C19H20N2O2/c1-19(2)20-16(13-14-9-5-3-6-10-14)18(23)21(19)17(22)15-11-7-4-8-12-15/h3-12,16,20H,13H2,1-2H3/t16-/m0/s1. The van der Waals surface area contributed by atoms with E-state index < -0.39 is 5.66 Å². The van der Waals surface area contributed by atoms with E-state index in [0.29, 0.717) is 12.0 Å². The molecule has 23 heavy (non-hydrogen) atoms. The summed E-state index contributed by atoms with van der Waals surface area (Å²) in [5.74, 6) is -0.434. The van der Waals surface area contributed by atoms with E-state index in [9.17, 15) is 9.59 Å². The molecule has 0 aromatic heterocycles. The van der Waals surface area contributed by atoms with Crippen LogP contribution in [0.1, 0.15) is 29.8 Å². The number of hydrogen-bond acceptors (Lipinski definition) is 3. The summed E-state index contributed by atoms with van der Waals surface area (Å²) in [5.41, 5.74) is 0.892. The van der Waals surface area contributed by atoms with Crippen LogP contribution in [0.5, 0.6) is 0 Å². The summed E-state index contributed by atoms with van der Waals surface area (Å²) in [6.45, 7) is 3.72. The highest BCUT2D eigenvalue weighted by Gasteiger charge is 2.47. The molecule has 0 bridgehead atoms. The van der Waals surface area contributed by atoms with Gasteiger partial charge in [0.05, 0.1) is 11.7 Å². The number of benzene rings is 2. The van der Waals surface area contributed by atoms with Crippen LogP contribution in [0, 0.1) is 0 Å². The summed E-state index contributed by atoms with van der Waals surface area (Å²) in [6, 6.07) is 18.4. The molecular weight excluding hydrogens is 288 g/mol. The Hall–Kier alpha value is -2.46. The first-order valence-electron chi connectivity index (χ1n) is 7.74. The van der Waals surface area contributed by atoms with Crippen LogP contribution in [0.4, 0.5) is 0 Å². The minimum absolute atomic E-state index is 0.173. The highest BCUT2D eigenvalue weighted by atomic mass is 16.2. The fourth-order valence-electron chi connectivity index (χ4n) is 3.04. The molecule has 1 heterocycles. The van der Waals surface area contributed by atoms with Crippen molar-refractivity contribution in [3.05, 3.63) is 71.8 Å². The van der Waals surface area contributed by atoms with Crippen LogP contribution in [0.2, 0.25) is 0 Å². The van der Waals surface area contributed by atoms with E-state index in [2.05, 4.69) is 5.32 Å². The van der Waals surface area contributed by atoms with E-state index in [-0.39, 0.29) is 17.9 Å². The summed E-state index contributed by atoms with van der Waals surface area (Å²) in [4.78, 5) is 26.9. The molecule has 0 radical (unpaired) electrons. The quantitative estimate of drug-likeness (QED) is 0.887. The summed E-state index contributed by atoms with van der Waals surface area (Å²) in [6.07, 6.45) is 0.571. The van der Waals surface area contributed by atoms with Crippen LogP contribution < -0.4 is 5.32 Å². The maximum absolute atomic E-state index is 12.8. The molecule has 118 valence electrons. The van der Waals surface area contributed by atoms with Crippen LogP contribution in [0.15, 0.2) is 60.7 Å². The first-order chi connectivity index (χ1) is 11.0. The Kier molecular flexibility index (Phi) is 4.01. The first-order valence-corrected chi connectivity index (χ1v) is 7.74. The summed E-state index contributed by atoms with van der Waals surface area (Å²) < 4.78 is 0. The summed E-state index contributed by atoms with van der Waals surface area (Å²) in [5, 5.41) is 3.28. The Morgan fingerprint density at radius 3 is 2.22 bits per heavy atom. The highest BCUT2D eigenvalue weighted by Crippen LogP contribution is 2.25. The average Bonchev–Trinajstić information content (AvgIpc) is 2.77. The molecule has 1 aliphatic heterocycles. The molecule has 4 heteroatoms. The van der Waals surface area contributed by atoms with Gasteiger partial charge in [0, 0.05) is 5.56 Å². The van der Waals surface area contributed by atoms with Crippen LogP contribution >= 0.6 is 0 Å². The van der Waals surface area contributed by atoms with E-state index >= 15 is 0 Å². The molecule has 1 N–H and O–H groups in total. The van der Waals surface area contributed by atoms with Crippen LogP contribution in [-0.2, 0) is 11.2 Å². The molecule has 0 spiro atoms. The Bertz CT molecular complexity index is 711. The van der Waals surface area contributed by atoms with Gasteiger partial charge in [-0.15, -0.1) is 0 Å². The Morgan fingerprint density at radius 1 is 1.04 bits per heavy atom. The lowest BCUT2D eigenvalue weighted by molar-refractivity contribution is -0.128. The van der Waals surface area contributed by atoms with Gasteiger partial charge in [-0.3, -0.25) is 19.8 Å². The molecule has 1 atom stereocenters. The number of carbonyl (C=O) groups is 2. The molecule has 2 amide bonds. The SMILES string of the molecule is CC1(C)N[C@@H](Cc2ccccc2)C(=O)N1C(=O)c1ccccc1. The van der Waals surface area contributed by atoms with Crippen molar-refractivity contribution >= 4 is 11.8 Å². The van der Waals surface area contributed by atoms with Gasteiger partial charge in [0.25, 0.3) is 5.91 Å². The fraction of sp³-hybridized carbons (Fsp3) is 0.263. The molecule has 3 rings (SSSR count). The van der Waals surface area contributed by atoms with Crippen molar-refractivity contribution in [3.8, 4) is 0 Å². The van der Waals surface area contributed by atoms with Crippen LogP contribution in [0.25, 0.3) is 0 Å². The molecule has 1 saturated heterocycles. The number of nitrogens with zero attached hydrogens (tertiary/aromatic N) is 1. The molecule has 0 aliphatic carbocycles. The minimum atomic E-state index is -0.705. The second-order valence-electron chi connectivity index (χ2n) is 6.29. The minimum Gasteiger partial charge on any atom is -0.283 e. The average molecular weight is 308 g/mol. The van der Waals surface area contributed by atoms with E-state index in [1.807, 2.05) is 50.2 Å². The number of rotatable bonds is 3. The number of amides is 2. The van der Waals surface area contributed by atoms with Crippen molar-refractivity contribution in [2.75, 3.05) is 0 Å². The second-order valence-corrected chi connectivity index (χ2v) is 6.29. The molecule has 0 unspecified atom stereocenters. The third-order valence-electron chi connectivity index (χ3n) is 4.11. The van der Waals surface area contributed by atoms with Gasteiger partial charge >= 0.3 is 0 Å². The van der Waals surface area contributed by atoms with Gasteiger partial charge < -0.3 is 0 Å². The van der Waals surface area contributed by atoms with Gasteiger partial charge in [0.15, 0.2) is 0 Å². The van der Waals surface area contributed by atoms with Crippen molar-refractivity contribution in [1.29, 1.82) is 0 Å². The molecule has 0 saturated carbocycles. The molecule has 2 aromatic carbocycles. The number of nitrogens with one attached hydrogen (secondary N) is 1. The Balaban J connectivity index is 1.84. The van der Waals surface area contributed by atoms with E-state index in [1.165, 1.54) is 4.90 Å². The predicted molar refractivity (Wildman–Crippen MR) is 88.8 cm³/mol. The van der Waals surface area contributed by atoms with Gasteiger partial charge in [0.2, 0.25) is 5.91 Å². The van der Waals surface area contributed by atoms with Crippen LogP contribution in [0.3, 0.4) is 0 Å². The maximum atomic E-state index is 12.8. The Morgan fingerprint density at radius 2 is 1.61 bits per heavy atom. The molecule has 4 nitrogen and oxygen atoms in total. The fourth-order valence-corrected chi connectivity index (χ4v) is 3.04. The molecule has 1 aliphatic rings. The lowest BCUT2D eigenvalue weighted by Gasteiger charge is -2.29. The zero-order valence-electron chi connectivity index (χ0n) is 13.3. The van der Waals surface area contributed by atoms with E-state index in [0.717, 1.165) is 5.56 Å². The van der Waals surface area contributed by atoms with E-state index in [4.69, 9.17) is 0 Å². The second kappa shape index (κ2) is 5.97. The van der Waals surface area contributed by atoms with Crippen molar-refractivity contribution < 1.29 is 9.59 Å². The lowest BCUT2D eigenvalue weighted by Crippen LogP contribution is -2.50. The summed E-state index contributed by atoms with van der Waals surface area (Å²) >= 11 is 0. The van der Waals surface area contributed by atoms with Gasteiger partial charge in [-0.25, -0.2) is 0 Å². The normalized spacial score (nSPS) is 19.8. The highest BCUT2D eigenvalue weighted by molar-refractivity contribution is 6.08. The lowest BCUT2D eigenvalue weighted by atomic mass is 10.1. The van der Waals surface area contributed by atoms with Gasteiger partial charge in [-0.05, 0) is 38.0 Å². The monoisotopic (exact) mass is 308 g/mol. The first kappa shape index (κ1) is 15.4. The Labute approximate surface area is 136 Å². The summed E-state index contributed by atoms with van der Waals surface area (Å²) in [7, 11) is 0. The zero-order valence-corrected chi connectivity index (χ0v) is 13.3. The molecule has 2 aromatic rings. The van der Waals surface area contributed by atoms with Crippen molar-refractivity contribution in [2.24, 2.45) is 0 Å². The molecular formula is C19H20N2O2.